The van der Waals surface area contributed by atoms with Gasteiger partial charge in [-0.05, 0) is 55.8 Å². The summed E-state index contributed by atoms with van der Waals surface area (Å²) in [7, 11) is 1.60. The Morgan fingerprint density at radius 3 is 2.53 bits per heavy atom. The van der Waals surface area contributed by atoms with Gasteiger partial charge in [-0.1, -0.05) is 12.1 Å². The van der Waals surface area contributed by atoms with E-state index in [2.05, 4.69) is 10.1 Å². The fourth-order valence-corrected chi connectivity index (χ4v) is 2.62. The number of rotatable bonds is 10. The SMILES string of the molecule is CCCOc1ccc(C(=O)OCc2nc(-c3ccc(OC)cc3)no2)cc1OCC. The summed E-state index contributed by atoms with van der Waals surface area (Å²) < 4.78 is 26.8. The molecule has 0 N–H and O–H groups in total. The van der Waals surface area contributed by atoms with Gasteiger partial charge in [0, 0.05) is 5.56 Å². The lowest BCUT2D eigenvalue weighted by atomic mass is 10.2. The number of nitrogens with zero attached hydrogens (tertiary/aromatic N) is 2. The fraction of sp³-hybridized carbons (Fsp3) is 0.318. The number of benzene rings is 2. The minimum atomic E-state index is -0.526. The van der Waals surface area contributed by atoms with Gasteiger partial charge in [0.15, 0.2) is 18.1 Å². The highest BCUT2D eigenvalue weighted by atomic mass is 16.6. The van der Waals surface area contributed by atoms with Gasteiger partial charge in [0.25, 0.3) is 5.89 Å². The lowest BCUT2D eigenvalue weighted by Crippen LogP contribution is -2.07. The quantitative estimate of drug-likeness (QED) is 0.455. The molecule has 8 nitrogen and oxygen atoms in total. The Hall–Kier alpha value is -3.55. The van der Waals surface area contributed by atoms with E-state index in [0.717, 1.165) is 17.7 Å². The molecule has 0 saturated carbocycles. The average Bonchev–Trinajstić information content (AvgIpc) is 3.26. The highest BCUT2D eigenvalue weighted by Crippen LogP contribution is 2.29. The molecular formula is C22H24N2O6. The largest absolute Gasteiger partial charge is 0.497 e. The maximum Gasteiger partial charge on any atom is 0.338 e. The molecule has 0 aliphatic heterocycles. The Balaban J connectivity index is 1.63. The first-order valence-electron chi connectivity index (χ1n) is 9.68. The maximum atomic E-state index is 12.4. The molecule has 0 saturated heterocycles. The van der Waals surface area contributed by atoms with E-state index in [1.807, 2.05) is 26.0 Å². The molecule has 0 unspecified atom stereocenters. The summed E-state index contributed by atoms with van der Waals surface area (Å²) in [5, 5.41) is 3.92. The molecular weight excluding hydrogens is 388 g/mol. The minimum Gasteiger partial charge on any atom is -0.497 e. The van der Waals surface area contributed by atoms with Crippen molar-refractivity contribution >= 4 is 5.97 Å². The zero-order chi connectivity index (χ0) is 21.3. The van der Waals surface area contributed by atoms with Crippen LogP contribution < -0.4 is 14.2 Å². The Bertz CT molecular complexity index is 968. The zero-order valence-corrected chi connectivity index (χ0v) is 17.2. The number of esters is 1. The van der Waals surface area contributed by atoms with E-state index < -0.39 is 5.97 Å². The second kappa shape index (κ2) is 10.3. The molecule has 2 aromatic carbocycles. The number of hydrogen-bond acceptors (Lipinski definition) is 8. The second-order valence-electron chi connectivity index (χ2n) is 6.26. The van der Waals surface area contributed by atoms with E-state index in [1.54, 1.807) is 37.4 Å². The van der Waals surface area contributed by atoms with Gasteiger partial charge in [0.05, 0.1) is 25.9 Å². The summed E-state index contributed by atoms with van der Waals surface area (Å²) in [6, 6.07) is 12.2. The third-order valence-electron chi connectivity index (χ3n) is 4.08. The number of carbonyl (C=O) groups excluding carboxylic acids is 1. The first-order valence-corrected chi connectivity index (χ1v) is 9.68. The Kier molecular flexibility index (Phi) is 7.26. The molecule has 0 spiro atoms. The molecule has 0 aliphatic carbocycles. The Morgan fingerprint density at radius 2 is 1.83 bits per heavy atom. The van der Waals surface area contributed by atoms with Crippen molar-refractivity contribution in [2.75, 3.05) is 20.3 Å². The van der Waals surface area contributed by atoms with Gasteiger partial charge in [-0.25, -0.2) is 4.79 Å². The summed E-state index contributed by atoms with van der Waals surface area (Å²) in [6.45, 7) is 4.77. The molecule has 0 radical (unpaired) electrons. The van der Waals surface area contributed by atoms with Crippen LogP contribution in [0.3, 0.4) is 0 Å². The predicted molar refractivity (Wildman–Crippen MR) is 109 cm³/mol. The molecule has 8 heteroatoms. The summed E-state index contributed by atoms with van der Waals surface area (Å²) in [4.78, 5) is 16.7. The monoisotopic (exact) mass is 412 g/mol. The summed E-state index contributed by atoms with van der Waals surface area (Å²) in [5.74, 6) is 1.90. The molecule has 0 fully saturated rings. The van der Waals surface area contributed by atoms with E-state index >= 15 is 0 Å². The summed E-state index contributed by atoms with van der Waals surface area (Å²) in [6.07, 6.45) is 0.873. The lowest BCUT2D eigenvalue weighted by molar-refractivity contribution is 0.0429. The van der Waals surface area contributed by atoms with Crippen LogP contribution in [0.5, 0.6) is 17.2 Å². The Labute approximate surface area is 174 Å². The van der Waals surface area contributed by atoms with E-state index in [-0.39, 0.29) is 12.5 Å². The van der Waals surface area contributed by atoms with Gasteiger partial charge in [0.1, 0.15) is 5.75 Å². The van der Waals surface area contributed by atoms with Crippen LogP contribution in [0.2, 0.25) is 0 Å². The highest BCUT2D eigenvalue weighted by molar-refractivity contribution is 5.90. The number of carbonyl (C=O) groups is 1. The van der Waals surface area contributed by atoms with Crippen molar-refractivity contribution in [3.05, 3.63) is 53.9 Å². The lowest BCUT2D eigenvalue weighted by Gasteiger charge is -2.12. The van der Waals surface area contributed by atoms with Crippen molar-refractivity contribution < 1.29 is 28.3 Å². The number of methoxy groups -OCH3 is 1. The molecule has 0 atom stereocenters. The van der Waals surface area contributed by atoms with E-state index in [1.165, 1.54) is 0 Å². The van der Waals surface area contributed by atoms with Crippen molar-refractivity contribution in [2.24, 2.45) is 0 Å². The number of ether oxygens (including phenoxy) is 4. The summed E-state index contributed by atoms with van der Waals surface area (Å²) in [5.41, 5.74) is 1.11. The van der Waals surface area contributed by atoms with Crippen LogP contribution in [0.15, 0.2) is 47.0 Å². The fourth-order valence-electron chi connectivity index (χ4n) is 2.62. The number of hydrogen-bond donors (Lipinski definition) is 0. The molecule has 3 rings (SSSR count). The van der Waals surface area contributed by atoms with Crippen LogP contribution >= 0.6 is 0 Å². The van der Waals surface area contributed by atoms with Gasteiger partial charge in [-0.2, -0.15) is 4.98 Å². The normalized spacial score (nSPS) is 10.5. The van der Waals surface area contributed by atoms with Crippen molar-refractivity contribution in [2.45, 2.75) is 26.9 Å². The van der Waals surface area contributed by atoms with Crippen LogP contribution in [0, 0.1) is 0 Å². The van der Waals surface area contributed by atoms with Gasteiger partial charge in [-0.3, -0.25) is 0 Å². The van der Waals surface area contributed by atoms with Gasteiger partial charge in [-0.15, -0.1) is 0 Å². The second-order valence-corrected chi connectivity index (χ2v) is 6.26. The van der Waals surface area contributed by atoms with Crippen LogP contribution in [0.1, 0.15) is 36.5 Å². The third-order valence-corrected chi connectivity index (χ3v) is 4.08. The molecule has 0 amide bonds. The molecule has 0 aliphatic rings. The van der Waals surface area contributed by atoms with Crippen LogP contribution in [0.4, 0.5) is 0 Å². The summed E-state index contributed by atoms with van der Waals surface area (Å²) >= 11 is 0. The van der Waals surface area contributed by atoms with Gasteiger partial charge >= 0.3 is 5.97 Å². The average molecular weight is 412 g/mol. The van der Waals surface area contributed by atoms with Gasteiger partial charge < -0.3 is 23.5 Å². The zero-order valence-electron chi connectivity index (χ0n) is 17.2. The minimum absolute atomic E-state index is 0.139. The smallest absolute Gasteiger partial charge is 0.338 e. The molecule has 30 heavy (non-hydrogen) atoms. The molecule has 1 heterocycles. The molecule has 1 aromatic heterocycles. The third kappa shape index (κ3) is 5.28. The van der Waals surface area contributed by atoms with Crippen molar-refractivity contribution in [3.63, 3.8) is 0 Å². The molecule has 158 valence electrons. The van der Waals surface area contributed by atoms with Crippen molar-refractivity contribution in [1.29, 1.82) is 0 Å². The van der Waals surface area contributed by atoms with Crippen LogP contribution in [-0.4, -0.2) is 36.4 Å². The first-order chi connectivity index (χ1) is 14.6. The van der Waals surface area contributed by atoms with Gasteiger partial charge in [0.2, 0.25) is 5.82 Å². The van der Waals surface area contributed by atoms with Crippen molar-refractivity contribution in [3.8, 4) is 28.6 Å². The topological polar surface area (TPSA) is 92.9 Å². The van der Waals surface area contributed by atoms with Crippen LogP contribution in [-0.2, 0) is 11.3 Å². The van der Waals surface area contributed by atoms with E-state index in [9.17, 15) is 4.79 Å². The highest BCUT2D eigenvalue weighted by Gasteiger charge is 2.15. The predicted octanol–water partition coefficient (Wildman–Crippen LogP) is 4.29. The maximum absolute atomic E-state index is 12.4. The van der Waals surface area contributed by atoms with E-state index in [4.69, 9.17) is 23.5 Å². The molecule has 0 bridgehead atoms. The standard InChI is InChI=1S/C22H24N2O6/c1-4-12-28-18-11-8-16(13-19(18)27-5-2)22(25)29-14-20-23-21(24-30-20)15-6-9-17(26-3)10-7-15/h6-11,13H,4-5,12,14H2,1-3H3. The van der Waals surface area contributed by atoms with Crippen LogP contribution in [0.25, 0.3) is 11.4 Å². The first kappa shape index (κ1) is 21.2. The van der Waals surface area contributed by atoms with E-state index in [0.29, 0.717) is 36.1 Å². The van der Waals surface area contributed by atoms with Crippen molar-refractivity contribution in [1.82, 2.24) is 10.1 Å². The number of aromatic nitrogens is 2. The Morgan fingerprint density at radius 1 is 1.03 bits per heavy atom. The molecule has 3 aromatic rings.